The van der Waals surface area contributed by atoms with Gasteiger partial charge in [0.1, 0.15) is 11.3 Å². The lowest BCUT2D eigenvalue weighted by molar-refractivity contribution is -0.116. The molecule has 3 aromatic rings. The Kier molecular flexibility index (Phi) is 8.52. The largest absolute Gasteiger partial charge is 0.308 e. The average Bonchev–Trinajstić information content (AvgIpc) is 3.06. The third-order valence-electron chi connectivity index (χ3n) is 3.84. The second-order valence-corrected chi connectivity index (χ2v) is 8.67. The first kappa shape index (κ1) is 22.9. The zero-order chi connectivity index (χ0) is 19.4. The molecule has 0 spiro atoms. The second kappa shape index (κ2) is 10.4. The van der Waals surface area contributed by atoms with Gasteiger partial charge >= 0.3 is 0 Å². The molecule has 0 saturated heterocycles. The number of likely N-dealkylation sites (N-methyl/N-ethyl adjacent to an activating group) is 1. The van der Waals surface area contributed by atoms with E-state index in [-0.39, 0.29) is 29.9 Å². The van der Waals surface area contributed by atoms with E-state index in [0.29, 0.717) is 28.8 Å². The first-order valence-electron chi connectivity index (χ1n) is 8.32. The molecule has 1 heterocycles. The second-order valence-electron chi connectivity index (χ2n) is 6.17. The van der Waals surface area contributed by atoms with Crippen molar-refractivity contribution in [2.75, 3.05) is 37.8 Å². The number of thioether (sulfide) groups is 1. The van der Waals surface area contributed by atoms with E-state index in [4.69, 9.17) is 11.6 Å². The molecular weight excluding hydrogens is 440 g/mol. The minimum absolute atomic E-state index is 0. The Bertz CT molecular complexity index is 935. The van der Waals surface area contributed by atoms with Crippen LogP contribution in [0.25, 0.3) is 10.2 Å². The minimum atomic E-state index is -0.370. The van der Waals surface area contributed by atoms with Gasteiger partial charge in [-0.3, -0.25) is 9.69 Å². The highest BCUT2D eigenvalue weighted by molar-refractivity contribution is 8.00. The van der Waals surface area contributed by atoms with E-state index >= 15 is 0 Å². The van der Waals surface area contributed by atoms with Crippen LogP contribution in [0.4, 0.5) is 9.52 Å². The van der Waals surface area contributed by atoms with Gasteiger partial charge in [0, 0.05) is 23.0 Å². The van der Waals surface area contributed by atoms with Gasteiger partial charge in [-0.25, -0.2) is 9.37 Å². The van der Waals surface area contributed by atoms with Gasteiger partial charge in [-0.1, -0.05) is 29.0 Å². The first-order valence-corrected chi connectivity index (χ1v) is 10.5. The lowest BCUT2D eigenvalue weighted by atomic mass is 10.3. The molecule has 2 aromatic carbocycles. The molecule has 0 fully saturated rings. The van der Waals surface area contributed by atoms with Crippen molar-refractivity contribution in [1.29, 1.82) is 0 Å². The maximum Gasteiger partial charge on any atom is 0.239 e. The van der Waals surface area contributed by atoms with Crippen molar-refractivity contribution in [2.45, 2.75) is 4.90 Å². The lowest BCUT2D eigenvalue weighted by Gasteiger charge is -2.21. The summed E-state index contributed by atoms with van der Waals surface area (Å²) in [5.74, 6) is -0.158. The van der Waals surface area contributed by atoms with Crippen molar-refractivity contribution in [2.24, 2.45) is 0 Å². The molecule has 0 aliphatic carbocycles. The number of aromatic nitrogens is 1. The fourth-order valence-corrected chi connectivity index (χ4v) is 4.32. The molecule has 0 saturated carbocycles. The average molecular weight is 460 g/mol. The number of thiazole rings is 1. The molecule has 1 amide bonds. The lowest BCUT2D eigenvalue weighted by Crippen LogP contribution is -2.37. The summed E-state index contributed by atoms with van der Waals surface area (Å²) in [7, 11) is 3.90. The Labute approximate surface area is 183 Å². The standard InChI is InChI=1S/C19H19ClFN3OS2.ClH/c1-23(2)10-11-24(17(25)12-26-14-8-6-13(20)7-9-14)19-22-18-15(21)4-3-5-16(18)27-19;/h3-9H,10-12H2,1-2H3;1H. The number of rotatable bonds is 7. The highest BCUT2D eigenvalue weighted by atomic mass is 35.5. The van der Waals surface area contributed by atoms with Crippen molar-refractivity contribution in [3.8, 4) is 0 Å². The number of benzene rings is 2. The summed E-state index contributed by atoms with van der Waals surface area (Å²) in [6, 6.07) is 12.2. The van der Waals surface area contributed by atoms with Gasteiger partial charge in [-0.2, -0.15) is 0 Å². The summed E-state index contributed by atoms with van der Waals surface area (Å²) in [5.41, 5.74) is 0.311. The quantitative estimate of drug-likeness (QED) is 0.455. The van der Waals surface area contributed by atoms with Gasteiger partial charge in [-0.05, 0) is 50.5 Å². The van der Waals surface area contributed by atoms with Crippen LogP contribution in [0.2, 0.25) is 5.02 Å². The van der Waals surface area contributed by atoms with Crippen molar-refractivity contribution in [1.82, 2.24) is 9.88 Å². The summed E-state index contributed by atoms with van der Waals surface area (Å²) in [6.45, 7) is 1.18. The molecule has 0 atom stereocenters. The highest BCUT2D eigenvalue weighted by Gasteiger charge is 2.21. The fraction of sp³-hybridized carbons (Fsp3) is 0.263. The monoisotopic (exact) mass is 459 g/mol. The fourth-order valence-electron chi connectivity index (χ4n) is 2.40. The Morgan fingerprint density at radius 3 is 2.54 bits per heavy atom. The molecule has 0 aliphatic heterocycles. The van der Waals surface area contributed by atoms with E-state index in [2.05, 4.69) is 4.98 Å². The molecule has 0 radical (unpaired) electrons. The molecule has 28 heavy (non-hydrogen) atoms. The third kappa shape index (κ3) is 5.81. The summed E-state index contributed by atoms with van der Waals surface area (Å²) in [5, 5.41) is 1.19. The normalized spacial score (nSPS) is 10.9. The van der Waals surface area contributed by atoms with Crippen LogP contribution < -0.4 is 4.90 Å². The predicted molar refractivity (Wildman–Crippen MR) is 120 cm³/mol. The third-order valence-corrected chi connectivity index (χ3v) is 6.13. The summed E-state index contributed by atoms with van der Waals surface area (Å²) in [6.07, 6.45) is 0. The number of nitrogens with zero attached hydrogens (tertiary/aromatic N) is 3. The maximum absolute atomic E-state index is 14.0. The number of carbonyl (C=O) groups is 1. The predicted octanol–water partition coefficient (Wildman–Crippen LogP) is 5.20. The van der Waals surface area contributed by atoms with Crippen molar-refractivity contribution < 1.29 is 9.18 Å². The number of hydrogen-bond acceptors (Lipinski definition) is 5. The first-order chi connectivity index (χ1) is 12.9. The molecule has 1 aromatic heterocycles. The van der Waals surface area contributed by atoms with Gasteiger partial charge in [0.05, 0.1) is 10.5 Å². The van der Waals surface area contributed by atoms with E-state index < -0.39 is 0 Å². The van der Waals surface area contributed by atoms with Crippen LogP contribution in [0, 0.1) is 5.82 Å². The van der Waals surface area contributed by atoms with E-state index in [9.17, 15) is 9.18 Å². The maximum atomic E-state index is 14.0. The number of anilines is 1. The van der Waals surface area contributed by atoms with E-state index in [0.717, 1.165) is 9.60 Å². The van der Waals surface area contributed by atoms with Crippen molar-refractivity contribution in [3.05, 3.63) is 53.3 Å². The molecular formula is C19H20Cl2FN3OS2. The van der Waals surface area contributed by atoms with Crippen LogP contribution in [0.15, 0.2) is 47.4 Å². The van der Waals surface area contributed by atoms with Gasteiger partial charge in [0.2, 0.25) is 5.91 Å². The molecule has 0 N–H and O–H groups in total. The van der Waals surface area contributed by atoms with Crippen molar-refractivity contribution >= 4 is 68.4 Å². The molecule has 0 bridgehead atoms. The van der Waals surface area contributed by atoms with Gasteiger partial charge in [0.15, 0.2) is 5.13 Å². The molecule has 0 unspecified atom stereocenters. The van der Waals surface area contributed by atoms with Crippen LogP contribution in [0.5, 0.6) is 0 Å². The smallest absolute Gasteiger partial charge is 0.239 e. The van der Waals surface area contributed by atoms with E-state index in [1.54, 1.807) is 23.1 Å². The Morgan fingerprint density at radius 1 is 1.18 bits per heavy atom. The Balaban J connectivity index is 0.00000280. The summed E-state index contributed by atoms with van der Waals surface area (Å²) < 4.78 is 14.7. The van der Waals surface area contributed by atoms with Gasteiger partial charge in [-0.15, -0.1) is 24.2 Å². The minimum Gasteiger partial charge on any atom is -0.308 e. The number of amides is 1. The van der Waals surface area contributed by atoms with Crippen LogP contribution >= 0.6 is 47.1 Å². The molecule has 9 heteroatoms. The van der Waals surface area contributed by atoms with E-state index in [1.165, 1.54) is 29.2 Å². The molecule has 4 nitrogen and oxygen atoms in total. The Hall–Kier alpha value is -1.38. The van der Waals surface area contributed by atoms with Gasteiger partial charge < -0.3 is 4.90 Å². The SMILES string of the molecule is CN(C)CCN(C(=O)CSc1ccc(Cl)cc1)c1nc2c(F)cccc2s1.Cl. The Morgan fingerprint density at radius 2 is 1.89 bits per heavy atom. The molecule has 3 rings (SSSR count). The van der Waals surface area contributed by atoms with Crippen molar-refractivity contribution in [3.63, 3.8) is 0 Å². The van der Waals surface area contributed by atoms with Gasteiger partial charge in [0.25, 0.3) is 0 Å². The topological polar surface area (TPSA) is 36.4 Å². The van der Waals surface area contributed by atoms with Crippen LogP contribution in [-0.2, 0) is 4.79 Å². The van der Waals surface area contributed by atoms with Crippen LogP contribution in [-0.4, -0.2) is 48.7 Å². The summed E-state index contributed by atoms with van der Waals surface area (Å²) in [4.78, 5) is 21.9. The molecule has 150 valence electrons. The summed E-state index contributed by atoms with van der Waals surface area (Å²) >= 11 is 8.68. The van der Waals surface area contributed by atoms with Crippen LogP contribution in [0.1, 0.15) is 0 Å². The highest BCUT2D eigenvalue weighted by Crippen LogP contribution is 2.31. The van der Waals surface area contributed by atoms with Crippen LogP contribution in [0.3, 0.4) is 0 Å². The number of fused-ring (bicyclic) bond motifs is 1. The van der Waals surface area contributed by atoms with E-state index in [1.807, 2.05) is 37.2 Å². The number of para-hydroxylation sites is 1. The number of carbonyl (C=O) groups excluding carboxylic acids is 1. The number of hydrogen-bond donors (Lipinski definition) is 0. The zero-order valence-electron chi connectivity index (χ0n) is 15.4. The molecule has 0 aliphatic rings. The zero-order valence-corrected chi connectivity index (χ0v) is 18.6. The number of halogens is 3.